The number of nitrogens with zero attached hydrogens (tertiary/aromatic N) is 3. The number of aryl methyl sites for hydroxylation is 1. The van der Waals surface area contributed by atoms with Gasteiger partial charge in [-0.05, 0) is 54.5 Å². The summed E-state index contributed by atoms with van der Waals surface area (Å²) < 4.78 is 2.06. The average Bonchev–Trinajstić information content (AvgIpc) is 3.29. The van der Waals surface area contributed by atoms with Crippen molar-refractivity contribution in [1.82, 2.24) is 19.8 Å². The number of carbonyl (C=O) groups is 2. The zero-order valence-corrected chi connectivity index (χ0v) is 21.2. The highest BCUT2D eigenvalue weighted by atomic mass is 16.2. The first-order chi connectivity index (χ1) is 18.2. The molecule has 1 aliphatic rings. The number of fused-ring (bicyclic) bond motifs is 1. The van der Waals surface area contributed by atoms with Crippen LogP contribution in [0.5, 0.6) is 0 Å². The lowest BCUT2D eigenvalue weighted by Gasteiger charge is -2.27. The van der Waals surface area contributed by atoms with Crippen LogP contribution in [0.15, 0.2) is 78.9 Å². The second-order valence-electron chi connectivity index (χ2n) is 9.74. The Hall–Kier alpha value is -3.93. The molecule has 0 aliphatic carbocycles. The van der Waals surface area contributed by atoms with Crippen molar-refractivity contribution in [3.05, 3.63) is 90.3 Å². The van der Waals surface area contributed by atoms with Crippen LogP contribution in [0.25, 0.3) is 22.2 Å². The third kappa shape index (κ3) is 6.26. The third-order valence-corrected chi connectivity index (χ3v) is 7.06. The minimum absolute atomic E-state index is 0.0150. The Morgan fingerprint density at radius 3 is 2.30 bits per heavy atom. The predicted octanol–water partition coefficient (Wildman–Crippen LogP) is 5.01. The number of likely N-dealkylation sites (tertiary alicyclic amines) is 1. The van der Waals surface area contributed by atoms with E-state index in [0.29, 0.717) is 25.9 Å². The van der Waals surface area contributed by atoms with Crippen LogP contribution in [-0.2, 0) is 29.0 Å². The summed E-state index contributed by atoms with van der Waals surface area (Å²) >= 11 is 0. The van der Waals surface area contributed by atoms with Gasteiger partial charge in [-0.25, -0.2) is 4.98 Å². The summed E-state index contributed by atoms with van der Waals surface area (Å²) in [6.07, 6.45) is 5.19. The van der Waals surface area contributed by atoms with E-state index >= 15 is 0 Å². The van der Waals surface area contributed by atoms with Gasteiger partial charge in [0.05, 0.1) is 17.5 Å². The normalized spacial score (nSPS) is 13.6. The molecule has 190 valence electrons. The largest absolute Gasteiger partial charge is 0.356 e. The van der Waals surface area contributed by atoms with Gasteiger partial charge >= 0.3 is 0 Å². The highest BCUT2D eigenvalue weighted by Gasteiger charge is 2.19. The van der Waals surface area contributed by atoms with Crippen molar-refractivity contribution < 1.29 is 9.59 Å². The molecule has 6 nitrogen and oxygen atoms in total. The molecular formula is C31H34N4O2. The van der Waals surface area contributed by atoms with Gasteiger partial charge in [-0.1, -0.05) is 66.7 Å². The summed E-state index contributed by atoms with van der Waals surface area (Å²) in [5.41, 5.74) is 5.21. The number of amides is 2. The van der Waals surface area contributed by atoms with Crippen molar-refractivity contribution in [3.63, 3.8) is 0 Å². The fourth-order valence-electron chi connectivity index (χ4n) is 5.04. The fraction of sp³-hybridized carbons (Fsp3) is 0.323. The number of aromatic nitrogens is 2. The lowest BCUT2D eigenvalue weighted by molar-refractivity contribution is -0.132. The molecule has 3 aromatic carbocycles. The Morgan fingerprint density at radius 2 is 1.51 bits per heavy atom. The van der Waals surface area contributed by atoms with Gasteiger partial charge in [-0.2, -0.15) is 0 Å². The fourth-order valence-corrected chi connectivity index (χ4v) is 5.04. The third-order valence-electron chi connectivity index (χ3n) is 7.06. The molecule has 1 N–H and O–H groups in total. The average molecular weight is 495 g/mol. The number of nitrogens with one attached hydrogen (secondary N) is 1. The van der Waals surface area contributed by atoms with Crippen LogP contribution in [0, 0.1) is 0 Å². The number of benzene rings is 3. The summed E-state index contributed by atoms with van der Waals surface area (Å²) in [6, 6.07) is 26.4. The molecule has 2 heterocycles. The van der Waals surface area contributed by atoms with Crippen molar-refractivity contribution in [2.75, 3.05) is 19.6 Å². The van der Waals surface area contributed by atoms with Crippen molar-refractivity contribution >= 4 is 22.8 Å². The van der Waals surface area contributed by atoms with Crippen LogP contribution in [0.2, 0.25) is 0 Å². The quantitative estimate of drug-likeness (QED) is 0.333. The zero-order valence-electron chi connectivity index (χ0n) is 21.2. The maximum atomic E-state index is 13.0. The van der Waals surface area contributed by atoms with Gasteiger partial charge in [0.15, 0.2) is 0 Å². The van der Waals surface area contributed by atoms with Crippen LogP contribution >= 0.6 is 0 Å². The standard InChI is InChI=1S/C31H34N4O2/c36-30(22-24-15-17-26(18-16-24)25-10-3-1-4-11-25)32-19-9-14-29-33-27-12-5-6-13-28(27)35(29)23-31(37)34-20-7-2-8-21-34/h1,3-6,10-13,15-18H,2,7-9,14,19-23H2,(H,32,36). The maximum Gasteiger partial charge on any atom is 0.242 e. The first-order valence-electron chi connectivity index (χ1n) is 13.3. The van der Waals surface area contributed by atoms with E-state index in [1.165, 1.54) is 12.0 Å². The molecule has 0 radical (unpaired) electrons. The van der Waals surface area contributed by atoms with Crippen molar-refractivity contribution in [3.8, 4) is 11.1 Å². The molecule has 2 amide bonds. The highest BCUT2D eigenvalue weighted by molar-refractivity contribution is 5.81. The first kappa shape index (κ1) is 24.8. The monoisotopic (exact) mass is 494 g/mol. The number of carbonyl (C=O) groups excluding carboxylic acids is 2. The minimum atomic E-state index is 0.0150. The Labute approximate surface area is 218 Å². The molecule has 0 spiro atoms. The molecule has 5 rings (SSSR count). The molecule has 0 bridgehead atoms. The van der Waals surface area contributed by atoms with Gasteiger partial charge in [0.1, 0.15) is 12.4 Å². The molecule has 1 aromatic heterocycles. The van der Waals surface area contributed by atoms with Gasteiger partial charge < -0.3 is 14.8 Å². The Bertz CT molecular complexity index is 1340. The van der Waals surface area contributed by atoms with E-state index in [1.807, 2.05) is 59.5 Å². The molecule has 4 aromatic rings. The maximum absolute atomic E-state index is 13.0. The topological polar surface area (TPSA) is 67.2 Å². The molecule has 6 heteroatoms. The second kappa shape index (κ2) is 11.9. The van der Waals surface area contributed by atoms with Crippen LogP contribution in [0.1, 0.15) is 37.1 Å². The number of imidazole rings is 1. The van der Waals surface area contributed by atoms with Crippen LogP contribution in [-0.4, -0.2) is 45.9 Å². The summed E-state index contributed by atoms with van der Waals surface area (Å²) in [6.45, 7) is 2.59. The molecule has 0 unspecified atom stereocenters. The van der Waals surface area contributed by atoms with Gasteiger partial charge in [0, 0.05) is 26.1 Å². The van der Waals surface area contributed by atoms with E-state index in [0.717, 1.165) is 60.3 Å². The smallest absolute Gasteiger partial charge is 0.242 e. The predicted molar refractivity (Wildman–Crippen MR) is 147 cm³/mol. The van der Waals surface area contributed by atoms with Crippen LogP contribution in [0.3, 0.4) is 0 Å². The number of hydrogen-bond donors (Lipinski definition) is 1. The zero-order chi connectivity index (χ0) is 25.5. The van der Waals surface area contributed by atoms with Gasteiger partial charge in [-0.15, -0.1) is 0 Å². The SMILES string of the molecule is O=C(Cc1ccc(-c2ccccc2)cc1)NCCCc1nc2ccccc2n1CC(=O)N1CCCCC1. The summed E-state index contributed by atoms with van der Waals surface area (Å²) in [4.78, 5) is 32.3. The minimum Gasteiger partial charge on any atom is -0.356 e. The van der Waals surface area contributed by atoms with Crippen molar-refractivity contribution in [1.29, 1.82) is 0 Å². The van der Waals surface area contributed by atoms with E-state index in [9.17, 15) is 9.59 Å². The molecule has 1 fully saturated rings. The molecule has 0 atom stereocenters. The van der Waals surface area contributed by atoms with E-state index < -0.39 is 0 Å². The summed E-state index contributed by atoms with van der Waals surface area (Å²) in [5.74, 6) is 1.08. The number of hydrogen-bond acceptors (Lipinski definition) is 3. The molecule has 1 aliphatic heterocycles. The lowest BCUT2D eigenvalue weighted by Crippen LogP contribution is -2.38. The number of rotatable bonds is 9. The molecule has 1 saturated heterocycles. The van der Waals surface area contributed by atoms with Gasteiger partial charge in [-0.3, -0.25) is 9.59 Å². The van der Waals surface area contributed by atoms with Gasteiger partial charge in [0.2, 0.25) is 11.8 Å². The van der Waals surface area contributed by atoms with Gasteiger partial charge in [0.25, 0.3) is 0 Å². The Morgan fingerprint density at radius 1 is 0.811 bits per heavy atom. The Kier molecular flexibility index (Phi) is 7.94. The number of piperidine rings is 1. The Balaban J connectivity index is 1.14. The van der Waals surface area contributed by atoms with Crippen molar-refractivity contribution in [2.24, 2.45) is 0 Å². The van der Waals surface area contributed by atoms with E-state index in [4.69, 9.17) is 4.98 Å². The first-order valence-corrected chi connectivity index (χ1v) is 13.3. The lowest BCUT2D eigenvalue weighted by atomic mass is 10.0. The molecular weight excluding hydrogens is 460 g/mol. The summed E-state index contributed by atoms with van der Waals surface area (Å²) in [5, 5.41) is 3.04. The molecule has 0 saturated carbocycles. The summed E-state index contributed by atoms with van der Waals surface area (Å²) in [7, 11) is 0. The van der Waals surface area contributed by atoms with E-state index in [1.54, 1.807) is 0 Å². The van der Waals surface area contributed by atoms with E-state index in [-0.39, 0.29) is 11.8 Å². The second-order valence-corrected chi connectivity index (χ2v) is 9.74. The molecule has 37 heavy (non-hydrogen) atoms. The number of para-hydroxylation sites is 2. The van der Waals surface area contributed by atoms with Crippen molar-refractivity contribution in [2.45, 2.75) is 45.1 Å². The van der Waals surface area contributed by atoms with Crippen LogP contribution < -0.4 is 5.32 Å². The highest BCUT2D eigenvalue weighted by Crippen LogP contribution is 2.20. The van der Waals surface area contributed by atoms with Crippen LogP contribution in [0.4, 0.5) is 0 Å². The van der Waals surface area contributed by atoms with E-state index in [2.05, 4.69) is 34.1 Å².